The van der Waals surface area contributed by atoms with Crippen molar-refractivity contribution in [1.82, 2.24) is 0 Å². The number of esters is 1. The summed E-state index contributed by atoms with van der Waals surface area (Å²) in [5, 5.41) is 2.72. The minimum Gasteiger partial charge on any atom is -0.457 e. The number of rotatable bonds is 8. The summed E-state index contributed by atoms with van der Waals surface area (Å²) in [6, 6.07) is 25.8. The number of hydrogen-bond acceptors (Lipinski definition) is 4. The quantitative estimate of drug-likeness (QED) is 0.541. The lowest BCUT2D eigenvalue weighted by Crippen LogP contribution is -2.23. The second-order valence-corrected chi connectivity index (χ2v) is 6.47. The number of para-hydroxylation sites is 1. The molecule has 1 N–H and O–H groups in total. The summed E-state index contributed by atoms with van der Waals surface area (Å²) in [5.74, 6) is 0.109. The number of ether oxygens (including phenoxy) is 2. The van der Waals surface area contributed by atoms with E-state index in [1.807, 2.05) is 67.6 Å². The number of carbonyl (C=O) groups is 2. The van der Waals surface area contributed by atoms with E-state index < -0.39 is 11.9 Å². The molecule has 148 valence electrons. The Labute approximate surface area is 170 Å². The molecule has 0 unspecified atom stereocenters. The zero-order valence-electron chi connectivity index (χ0n) is 16.2. The molecule has 1 atom stereocenters. The summed E-state index contributed by atoms with van der Waals surface area (Å²) < 4.78 is 11.0. The molecular formula is C24H23NO4. The van der Waals surface area contributed by atoms with Crippen molar-refractivity contribution in [2.45, 2.75) is 19.3 Å². The van der Waals surface area contributed by atoms with Crippen molar-refractivity contribution in [2.24, 2.45) is 0 Å². The zero-order valence-corrected chi connectivity index (χ0v) is 16.2. The summed E-state index contributed by atoms with van der Waals surface area (Å²) in [5.41, 5.74) is 1.45. The standard InChI is InChI=1S/C24H23NO4/c1-2-22(18-10-5-3-6-11-18)24(27)28-17-23(26)25-19-12-9-15-21(16-19)29-20-13-7-4-8-14-20/h3-16,22H,2,17H2,1H3,(H,25,26)/t22-/m1/s1. The Morgan fingerprint density at radius 1 is 0.862 bits per heavy atom. The first kappa shape index (κ1) is 20.1. The zero-order chi connectivity index (χ0) is 20.5. The van der Waals surface area contributed by atoms with Crippen LogP contribution in [0.15, 0.2) is 84.9 Å². The Bertz CT molecular complexity index is 941. The fraction of sp³-hybridized carbons (Fsp3) is 0.167. The first-order chi connectivity index (χ1) is 14.2. The summed E-state index contributed by atoms with van der Waals surface area (Å²) >= 11 is 0. The highest BCUT2D eigenvalue weighted by Gasteiger charge is 2.21. The van der Waals surface area contributed by atoms with E-state index in [9.17, 15) is 9.59 Å². The monoisotopic (exact) mass is 389 g/mol. The molecule has 29 heavy (non-hydrogen) atoms. The second-order valence-electron chi connectivity index (χ2n) is 6.47. The Morgan fingerprint density at radius 3 is 2.21 bits per heavy atom. The van der Waals surface area contributed by atoms with E-state index in [1.165, 1.54) is 0 Å². The van der Waals surface area contributed by atoms with Crippen LogP contribution in [0.2, 0.25) is 0 Å². The number of benzene rings is 3. The molecule has 0 bridgehead atoms. The van der Waals surface area contributed by atoms with Crippen molar-refractivity contribution in [3.8, 4) is 11.5 Å². The highest BCUT2D eigenvalue weighted by atomic mass is 16.5. The smallest absolute Gasteiger partial charge is 0.313 e. The number of carbonyl (C=O) groups excluding carboxylic acids is 2. The van der Waals surface area contributed by atoms with Crippen LogP contribution in [0.4, 0.5) is 5.69 Å². The number of nitrogens with one attached hydrogen (secondary N) is 1. The molecule has 5 heteroatoms. The summed E-state index contributed by atoms with van der Waals surface area (Å²) in [6.07, 6.45) is 0.601. The summed E-state index contributed by atoms with van der Waals surface area (Å²) in [6.45, 7) is 1.57. The van der Waals surface area contributed by atoms with Crippen LogP contribution < -0.4 is 10.1 Å². The fourth-order valence-electron chi connectivity index (χ4n) is 2.92. The number of amides is 1. The van der Waals surface area contributed by atoms with E-state index in [0.29, 0.717) is 23.6 Å². The van der Waals surface area contributed by atoms with Crippen molar-refractivity contribution in [3.05, 3.63) is 90.5 Å². The number of anilines is 1. The van der Waals surface area contributed by atoms with Crippen molar-refractivity contribution in [1.29, 1.82) is 0 Å². The van der Waals surface area contributed by atoms with Gasteiger partial charge in [-0.2, -0.15) is 0 Å². The Balaban J connectivity index is 1.54. The summed E-state index contributed by atoms with van der Waals surface area (Å²) in [7, 11) is 0. The molecule has 3 aromatic rings. The van der Waals surface area contributed by atoms with Crippen LogP contribution in [0.25, 0.3) is 0 Å². The predicted molar refractivity (Wildman–Crippen MR) is 112 cm³/mol. The van der Waals surface area contributed by atoms with Gasteiger partial charge in [0.1, 0.15) is 11.5 Å². The molecule has 0 fully saturated rings. The maximum atomic E-state index is 12.4. The van der Waals surface area contributed by atoms with Crippen LogP contribution in [0.1, 0.15) is 24.8 Å². The molecule has 0 aliphatic carbocycles. The van der Waals surface area contributed by atoms with Gasteiger partial charge in [-0.25, -0.2) is 0 Å². The average Bonchev–Trinajstić information content (AvgIpc) is 2.74. The van der Waals surface area contributed by atoms with Gasteiger partial charge in [-0.1, -0.05) is 61.5 Å². The van der Waals surface area contributed by atoms with Gasteiger partial charge in [-0.3, -0.25) is 9.59 Å². The van der Waals surface area contributed by atoms with Gasteiger partial charge in [0.05, 0.1) is 5.92 Å². The third kappa shape index (κ3) is 5.94. The third-order valence-electron chi connectivity index (χ3n) is 4.34. The topological polar surface area (TPSA) is 64.6 Å². The van der Waals surface area contributed by atoms with Crippen LogP contribution >= 0.6 is 0 Å². The molecular weight excluding hydrogens is 366 g/mol. The van der Waals surface area contributed by atoms with Gasteiger partial charge in [0.25, 0.3) is 5.91 Å². The maximum absolute atomic E-state index is 12.4. The molecule has 0 saturated carbocycles. The van der Waals surface area contributed by atoms with Gasteiger partial charge in [0, 0.05) is 11.8 Å². The average molecular weight is 389 g/mol. The van der Waals surface area contributed by atoms with E-state index in [-0.39, 0.29) is 12.5 Å². The molecule has 5 nitrogen and oxygen atoms in total. The van der Waals surface area contributed by atoms with Gasteiger partial charge in [0.2, 0.25) is 0 Å². The van der Waals surface area contributed by atoms with E-state index in [0.717, 1.165) is 5.56 Å². The summed E-state index contributed by atoms with van der Waals surface area (Å²) in [4.78, 5) is 24.6. The Hall–Kier alpha value is -3.60. The molecule has 0 heterocycles. The first-order valence-corrected chi connectivity index (χ1v) is 9.50. The molecule has 0 aromatic heterocycles. The van der Waals surface area contributed by atoms with Gasteiger partial charge in [-0.05, 0) is 36.2 Å². The Morgan fingerprint density at radius 2 is 1.52 bits per heavy atom. The maximum Gasteiger partial charge on any atom is 0.313 e. The van der Waals surface area contributed by atoms with Crippen LogP contribution in [0.3, 0.4) is 0 Å². The molecule has 0 spiro atoms. The minimum absolute atomic E-state index is 0.341. The molecule has 0 saturated heterocycles. The highest BCUT2D eigenvalue weighted by Crippen LogP contribution is 2.24. The van der Waals surface area contributed by atoms with E-state index >= 15 is 0 Å². The molecule has 0 aliphatic rings. The van der Waals surface area contributed by atoms with Crippen molar-refractivity contribution < 1.29 is 19.1 Å². The van der Waals surface area contributed by atoms with Crippen molar-refractivity contribution >= 4 is 17.6 Å². The van der Waals surface area contributed by atoms with Gasteiger partial charge in [0.15, 0.2) is 6.61 Å². The van der Waals surface area contributed by atoms with E-state index in [4.69, 9.17) is 9.47 Å². The van der Waals surface area contributed by atoms with Crippen LogP contribution in [0.5, 0.6) is 11.5 Å². The van der Waals surface area contributed by atoms with Crippen LogP contribution in [-0.4, -0.2) is 18.5 Å². The van der Waals surface area contributed by atoms with Crippen molar-refractivity contribution in [3.63, 3.8) is 0 Å². The second kappa shape index (κ2) is 10.1. The lowest BCUT2D eigenvalue weighted by Gasteiger charge is -2.14. The predicted octanol–water partition coefficient (Wildman–Crippen LogP) is 5.15. The fourth-order valence-corrected chi connectivity index (χ4v) is 2.92. The lowest BCUT2D eigenvalue weighted by molar-refractivity contribution is -0.149. The normalized spacial score (nSPS) is 11.3. The third-order valence-corrected chi connectivity index (χ3v) is 4.34. The van der Waals surface area contributed by atoms with E-state index in [2.05, 4.69) is 5.32 Å². The largest absolute Gasteiger partial charge is 0.457 e. The number of hydrogen-bond donors (Lipinski definition) is 1. The first-order valence-electron chi connectivity index (χ1n) is 9.50. The highest BCUT2D eigenvalue weighted by molar-refractivity contribution is 5.93. The van der Waals surface area contributed by atoms with Gasteiger partial charge >= 0.3 is 5.97 Å². The molecule has 1 amide bonds. The lowest BCUT2D eigenvalue weighted by atomic mass is 9.97. The molecule has 0 aliphatic heterocycles. The van der Waals surface area contributed by atoms with Crippen LogP contribution in [-0.2, 0) is 14.3 Å². The molecule has 0 radical (unpaired) electrons. The van der Waals surface area contributed by atoms with Gasteiger partial charge < -0.3 is 14.8 Å². The van der Waals surface area contributed by atoms with E-state index in [1.54, 1.807) is 24.3 Å². The van der Waals surface area contributed by atoms with Crippen molar-refractivity contribution in [2.75, 3.05) is 11.9 Å². The Kier molecular flexibility index (Phi) is 7.00. The SMILES string of the molecule is CC[C@@H](C(=O)OCC(=O)Nc1cccc(Oc2ccccc2)c1)c1ccccc1. The van der Waals surface area contributed by atoms with Gasteiger partial charge in [-0.15, -0.1) is 0 Å². The van der Waals surface area contributed by atoms with Crippen LogP contribution in [0, 0.1) is 0 Å². The molecule has 3 aromatic carbocycles. The minimum atomic E-state index is -0.407. The molecule has 3 rings (SSSR count).